The molecule has 0 saturated heterocycles. The van der Waals surface area contributed by atoms with Gasteiger partial charge >= 0.3 is 5.69 Å². The normalized spacial score (nSPS) is 10.4. The lowest BCUT2D eigenvalue weighted by Gasteiger charge is -2.08. The molecule has 0 radical (unpaired) electrons. The number of hydrogen-bond donors (Lipinski definition) is 2. The Kier molecular flexibility index (Phi) is 4.04. The van der Waals surface area contributed by atoms with E-state index in [2.05, 4.69) is 10.3 Å². The van der Waals surface area contributed by atoms with Crippen LogP contribution in [-0.4, -0.2) is 22.0 Å². The first-order chi connectivity index (χ1) is 7.49. The van der Waals surface area contributed by atoms with E-state index in [1.54, 1.807) is 0 Å². The molecule has 1 heterocycles. The summed E-state index contributed by atoms with van der Waals surface area (Å²) in [5.41, 5.74) is -1.05. The molecule has 0 aliphatic heterocycles. The molecule has 0 aliphatic carbocycles. The molecule has 6 heteroatoms. The van der Waals surface area contributed by atoms with Crippen LogP contribution in [-0.2, 0) is 11.3 Å². The van der Waals surface area contributed by atoms with Crippen molar-refractivity contribution in [3.8, 4) is 0 Å². The molecule has 0 unspecified atom stereocenters. The Morgan fingerprint density at radius 1 is 1.50 bits per heavy atom. The van der Waals surface area contributed by atoms with E-state index in [1.165, 1.54) is 12.3 Å². The van der Waals surface area contributed by atoms with Crippen molar-refractivity contribution in [3.63, 3.8) is 0 Å². The number of nitrogens with one attached hydrogen (secondary N) is 2. The molecule has 0 atom stereocenters. The first kappa shape index (κ1) is 12.2. The van der Waals surface area contributed by atoms with Crippen molar-refractivity contribution in [1.82, 2.24) is 14.9 Å². The third-order valence-corrected chi connectivity index (χ3v) is 1.92. The summed E-state index contributed by atoms with van der Waals surface area (Å²) in [6.45, 7) is 4.44. The molecular weight excluding hydrogens is 210 g/mol. The Bertz CT molecular complexity index is 473. The average Bonchev–Trinajstić information content (AvgIpc) is 2.19. The molecule has 1 aromatic rings. The van der Waals surface area contributed by atoms with Gasteiger partial charge in [0.2, 0.25) is 5.91 Å². The van der Waals surface area contributed by atoms with Gasteiger partial charge in [0.05, 0.1) is 0 Å². The van der Waals surface area contributed by atoms with Gasteiger partial charge in [-0.15, -0.1) is 0 Å². The quantitative estimate of drug-likeness (QED) is 0.711. The maximum Gasteiger partial charge on any atom is 0.328 e. The van der Waals surface area contributed by atoms with Crippen molar-refractivity contribution in [2.45, 2.75) is 20.4 Å². The van der Waals surface area contributed by atoms with E-state index in [-0.39, 0.29) is 12.5 Å². The second-order valence-corrected chi connectivity index (χ2v) is 3.94. The molecule has 0 fully saturated rings. The van der Waals surface area contributed by atoms with Crippen LogP contribution in [0, 0.1) is 5.92 Å². The summed E-state index contributed by atoms with van der Waals surface area (Å²) in [5, 5.41) is 2.68. The van der Waals surface area contributed by atoms with Crippen molar-refractivity contribution in [3.05, 3.63) is 33.1 Å². The van der Waals surface area contributed by atoms with Crippen LogP contribution in [0.15, 0.2) is 21.9 Å². The van der Waals surface area contributed by atoms with E-state index < -0.39 is 11.2 Å². The molecule has 0 bridgehead atoms. The van der Waals surface area contributed by atoms with Gasteiger partial charge in [-0.3, -0.25) is 19.1 Å². The summed E-state index contributed by atoms with van der Waals surface area (Å²) in [6.07, 6.45) is 1.30. The monoisotopic (exact) mass is 225 g/mol. The SMILES string of the molecule is CC(C)CNC(=O)Cn1ccc(=O)[nH]c1=O. The third-order valence-electron chi connectivity index (χ3n) is 1.92. The highest BCUT2D eigenvalue weighted by molar-refractivity contribution is 5.75. The number of nitrogens with zero attached hydrogens (tertiary/aromatic N) is 1. The molecule has 16 heavy (non-hydrogen) atoms. The standard InChI is InChI=1S/C10H15N3O3/c1-7(2)5-11-9(15)6-13-4-3-8(14)12-10(13)16/h3-4,7H,5-6H2,1-2H3,(H,11,15)(H,12,14,16). The summed E-state index contributed by atoms with van der Waals surface area (Å²) >= 11 is 0. The van der Waals surface area contributed by atoms with E-state index in [0.29, 0.717) is 12.5 Å². The van der Waals surface area contributed by atoms with Crippen LogP contribution in [0.25, 0.3) is 0 Å². The molecule has 88 valence electrons. The predicted octanol–water partition coefficient (Wildman–Crippen LogP) is -0.691. The van der Waals surface area contributed by atoms with Crippen molar-refractivity contribution in [2.75, 3.05) is 6.54 Å². The minimum absolute atomic E-state index is 0.0810. The minimum Gasteiger partial charge on any atom is -0.354 e. The number of aromatic nitrogens is 2. The molecule has 1 aromatic heterocycles. The van der Waals surface area contributed by atoms with Gasteiger partial charge in [0.15, 0.2) is 0 Å². The lowest BCUT2D eigenvalue weighted by molar-refractivity contribution is -0.121. The molecule has 0 saturated carbocycles. The highest BCUT2D eigenvalue weighted by Crippen LogP contribution is 1.87. The number of carbonyl (C=O) groups excluding carboxylic acids is 1. The zero-order valence-electron chi connectivity index (χ0n) is 9.32. The fourth-order valence-corrected chi connectivity index (χ4v) is 1.10. The number of amides is 1. The summed E-state index contributed by atoms with van der Waals surface area (Å²) < 4.78 is 1.15. The molecule has 0 spiro atoms. The number of rotatable bonds is 4. The molecule has 2 N–H and O–H groups in total. The van der Waals surface area contributed by atoms with Gasteiger partial charge in [-0.1, -0.05) is 13.8 Å². The van der Waals surface area contributed by atoms with Crippen LogP contribution in [0.5, 0.6) is 0 Å². The largest absolute Gasteiger partial charge is 0.354 e. The van der Waals surface area contributed by atoms with Crippen LogP contribution in [0.4, 0.5) is 0 Å². The highest BCUT2D eigenvalue weighted by Gasteiger charge is 2.04. The maximum absolute atomic E-state index is 11.4. The summed E-state index contributed by atoms with van der Waals surface area (Å²) in [4.78, 5) is 35.5. The zero-order valence-corrected chi connectivity index (χ0v) is 9.32. The maximum atomic E-state index is 11.4. The fraction of sp³-hybridized carbons (Fsp3) is 0.500. The lowest BCUT2D eigenvalue weighted by Crippen LogP contribution is -2.36. The number of hydrogen-bond acceptors (Lipinski definition) is 3. The van der Waals surface area contributed by atoms with Crippen molar-refractivity contribution >= 4 is 5.91 Å². The highest BCUT2D eigenvalue weighted by atomic mass is 16.2. The average molecular weight is 225 g/mol. The number of carbonyl (C=O) groups is 1. The Balaban J connectivity index is 2.63. The number of H-pyrrole nitrogens is 1. The van der Waals surface area contributed by atoms with E-state index in [4.69, 9.17) is 0 Å². The second-order valence-electron chi connectivity index (χ2n) is 3.94. The smallest absolute Gasteiger partial charge is 0.328 e. The Morgan fingerprint density at radius 3 is 2.75 bits per heavy atom. The van der Waals surface area contributed by atoms with Crippen LogP contribution < -0.4 is 16.6 Å². The fourth-order valence-electron chi connectivity index (χ4n) is 1.10. The van der Waals surface area contributed by atoms with Crippen molar-refractivity contribution in [2.24, 2.45) is 5.92 Å². The Labute approximate surface area is 92.3 Å². The summed E-state index contributed by atoms with van der Waals surface area (Å²) in [7, 11) is 0. The van der Waals surface area contributed by atoms with Gasteiger partial charge < -0.3 is 5.32 Å². The minimum atomic E-state index is -0.577. The molecule has 0 aromatic carbocycles. The molecule has 1 amide bonds. The second kappa shape index (κ2) is 5.29. The zero-order chi connectivity index (χ0) is 12.1. The van der Waals surface area contributed by atoms with Crippen molar-refractivity contribution < 1.29 is 4.79 Å². The predicted molar refractivity (Wildman–Crippen MR) is 59.2 cm³/mol. The van der Waals surface area contributed by atoms with Gasteiger partial charge in [-0.25, -0.2) is 4.79 Å². The van der Waals surface area contributed by atoms with E-state index in [0.717, 1.165) is 4.57 Å². The Hall–Kier alpha value is -1.85. The Morgan fingerprint density at radius 2 is 2.19 bits per heavy atom. The van der Waals surface area contributed by atoms with Gasteiger partial charge in [-0.05, 0) is 5.92 Å². The van der Waals surface area contributed by atoms with Crippen LogP contribution in [0.1, 0.15) is 13.8 Å². The first-order valence-electron chi connectivity index (χ1n) is 5.05. The third kappa shape index (κ3) is 3.72. The number of aromatic amines is 1. The molecule has 0 aliphatic rings. The molecule has 1 rings (SSSR count). The van der Waals surface area contributed by atoms with E-state index in [1.807, 2.05) is 13.8 Å². The van der Waals surface area contributed by atoms with Crippen molar-refractivity contribution in [1.29, 1.82) is 0 Å². The summed E-state index contributed by atoms with van der Waals surface area (Å²) in [6, 6.07) is 1.21. The van der Waals surface area contributed by atoms with E-state index >= 15 is 0 Å². The van der Waals surface area contributed by atoms with Gasteiger partial charge in [-0.2, -0.15) is 0 Å². The van der Waals surface area contributed by atoms with Crippen LogP contribution >= 0.6 is 0 Å². The van der Waals surface area contributed by atoms with Gasteiger partial charge in [0, 0.05) is 18.8 Å². The topological polar surface area (TPSA) is 84.0 Å². The summed E-state index contributed by atoms with van der Waals surface area (Å²) in [5.74, 6) is 0.110. The van der Waals surface area contributed by atoms with E-state index in [9.17, 15) is 14.4 Å². The first-order valence-corrected chi connectivity index (χ1v) is 5.05. The molecule has 6 nitrogen and oxygen atoms in total. The lowest BCUT2D eigenvalue weighted by atomic mass is 10.2. The van der Waals surface area contributed by atoms with Crippen LogP contribution in [0.3, 0.4) is 0 Å². The van der Waals surface area contributed by atoms with Gasteiger partial charge in [0.1, 0.15) is 6.54 Å². The molecular formula is C10H15N3O3. The van der Waals surface area contributed by atoms with Gasteiger partial charge in [0.25, 0.3) is 5.56 Å². The van der Waals surface area contributed by atoms with Crippen LogP contribution in [0.2, 0.25) is 0 Å².